The molecule has 1 heterocycles. The van der Waals surface area contributed by atoms with E-state index in [9.17, 15) is 0 Å². The lowest BCUT2D eigenvalue weighted by atomic mass is 9.85. The number of hydrogen-bond acceptors (Lipinski definition) is 5. The first-order valence-corrected chi connectivity index (χ1v) is 10.6. The zero-order chi connectivity index (χ0) is 21.5. The average Bonchev–Trinajstić information content (AvgIpc) is 2.83. The van der Waals surface area contributed by atoms with Crippen molar-refractivity contribution in [1.29, 1.82) is 0 Å². The maximum Gasteiger partial charge on any atom is 0.203 e. The smallest absolute Gasteiger partial charge is 0.203 e. The number of fused-ring (bicyclic) bond motifs is 1. The molecule has 0 aromatic heterocycles. The quantitative estimate of drug-likeness (QED) is 0.519. The van der Waals surface area contributed by atoms with Crippen molar-refractivity contribution in [2.45, 2.75) is 18.4 Å². The molecule has 1 aliphatic heterocycles. The summed E-state index contributed by atoms with van der Waals surface area (Å²) in [6, 6.07) is 24.5. The summed E-state index contributed by atoms with van der Waals surface area (Å²) in [4.78, 5) is 0. The molecule has 4 rings (SSSR count). The second-order valence-corrected chi connectivity index (χ2v) is 7.53. The fraction of sp³-hybridized carbons (Fsp3) is 0.308. The van der Waals surface area contributed by atoms with Gasteiger partial charge in [-0.2, -0.15) is 0 Å². The van der Waals surface area contributed by atoms with Gasteiger partial charge in [-0.25, -0.2) is 0 Å². The van der Waals surface area contributed by atoms with Crippen LogP contribution in [0.3, 0.4) is 0 Å². The van der Waals surface area contributed by atoms with Gasteiger partial charge in [-0.1, -0.05) is 54.6 Å². The van der Waals surface area contributed by atoms with Gasteiger partial charge in [0.2, 0.25) is 5.75 Å². The van der Waals surface area contributed by atoms with Gasteiger partial charge in [-0.15, -0.1) is 0 Å². The highest BCUT2D eigenvalue weighted by molar-refractivity contribution is 5.51. The lowest BCUT2D eigenvalue weighted by Gasteiger charge is -2.34. The van der Waals surface area contributed by atoms with Crippen LogP contribution in [-0.2, 0) is 6.42 Å². The van der Waals surface area contributed by atoms with Gasteiger partial charge >= 0.3 is 0 Å². The molecule has 0 saturated heterocycles. The Hall–Kier alpha value is -3.18. The van der Waals surface area contributed by atoms with Gasteiger partial charge in [0.05, 0.1) is 14.2 Å². The van der Waals surface area contributed by atoms with Gasteiger partial charge in [0.15, 0.2) is 11.5 Å². The number of hydrogen-bond donors (Lipinski definition) is 1. The average molecular weight is 420 g/mol. The van der Waals surface area contributed by atoms with Crippen molar-refractivity contribution < 1.29 is 18.9 Å². The predicted molar refractivity (Wildman–Crippen MR) is 122 cm³/mol. The number of methoxy groups -OCH3 is 2. The predicted octanol–water partition coefficient (Wildman–Crippen LogP) is 4.46. The van der Waals surface area contributed by atoms with E-state index in [0.717, 1.165) is 18.7 Å². The van der Waals surface area contributed by atoms with E-state index < -0.39 is 0 Å². The van der Waals surface area contributed by atoms with Crippen LogP contribution in [0.4, 0.5) is 0 Å². The van der Waals surface area contributed by atoms with Crippen LogP contribution in [0, 0.1) is 0 Å². The molecule has 162 valence electrons. The minimum Gasteiger partial charge on any atom is -0.493 e. The van der Waals surface area contributed by atoms with Crippen molar-refractivity contribution in [2.24, 2.45) is 0 Å². The molecule has 3 aromatic rings. The van der Waals surface area contributed by atoms with Crippen molar-refractivity contribution in [3.63, 3.8) is 0 Å². The second kappa shape index (κ2) is 10.2. The van der Waals surface area contributed by atoms with E-state index in [1.807, 2.05) is 24.3 Å². The Morgan fingerprint density at radius 2 is 1.58 bits per heavy atom. The van der Waals surface area contributed by atoms with Crippen LogP contribution in [-0.4, -0.2) is 40.0 Å². The Kier molecular flexibility index (Phi) is 6.95. The van der Waals surface area contributed by atoms with Crippen molar-refractivity contribution in [1.82, 2.24) is 5.32 Å². The molecule has 0 saturated carbocycles. The van der Waals surface area contributed by atoms with E-state index >= 15 is 0 Å². The van der Waals surface area contributed by atoms with Gasteiger partial charge in [0, 0.05) is 19.0 Å². The molecule has 0 radical (unpaired) electrons. The third kappa shape index (κ3) is 4.94. The maximum absolute atomic E-state index is 6.39. The zero-order valence-electron chi connectivity index (χ0n) is 18.0. The van der Waals surface area contributed by atoms with E-state index in [0.29, 0.717) is 36.3 Å². The molecule has 2 atom stereocenters. The highest BCUT2D eigenvalue weighted by Crippen LogP contribution is 2.37. The van der Waals surface area contributed by atoms with Crippen LogP contribution in [0.15, 0.2) is 72.8 Å². The summed E-state index contributed by atoms with van der Waals surface area (Å²) in [5, 5.41) is 3.50. The van der Waals surface area contributed by atoms with Crippen LogP contribution in [0.5, 0.6) is 23.0 Å². The lowest BCUT2D eigenvalue weighted by molar-refractivity contribution is 0.145. The molecule has 0 bridgehead atoms. The van der Waals surface area contributed by atoms with Crippen LogP contribution < -0.4 is 24.3 Å². The number of para-hydroxylation sites is 2. The topological polar surface area (TPSA) is 49.0 Å². The molecule has 1 aliphatic rings. The first kappa shape index (κ1) is 21.1. The maximum atomic E-state index is 6.39. The number of nitrogens with one attached hydrogen (secondary N) is 1. The molecule has 0 unspecified atom stereocenters. The summed E-state index contributed by atoms with van der Waals surface area (Å²) in [6.07, 6.45) is 1.03. The van der Waals surface area contributed by atoms with Crippen molar-refractivity contribution in [2.75, 3.05) is 33.9 Å². The first-order valence-electron chi connectivity index (χ1n) is 10.6. The minimum atomic E-state index is 0.0538. The summed E-state index contributed by atoms with van der Waals surface area (Å²) in [5.74, 6) is 3.24. The van der Waals surface area contributed by atoms with Crippen molar-refractivity contribution >= 4 is 0 Å². The SMILES string of the molecule is COc1cccc(OC)c1OCCNC[C@@H]1Oc2ccccc2C[C@H]1c1ccccc1. The van der Waals surface area contributed by atoms with E-state index in [1.54, 1.807) is 14.2 Å². The molecule has 0 fully saturated rings. The molecule has 5 heteroatoms. The zero-order valence-corrected chi connectivity index (χ0v) is 18.0. The summed E-state index contributed by atoms with van der Waals surface area (Å²) in [6.45, 7) is 1.92. The third-order valence-electron chi connectivity index (χ3n) is 5.62. The van der Waals surface area contributed by atoms with Crippen LogP contribution in [0.1, 0.15) is 17.0 Å². The summed E-state index contributed by atoms with van der Waals surface area (Å²) < 4.78 is 23.1. The molecule has 0 spiro atoms. The van der Waals surface area contributed by atoms with Crippen LogP contribution in [0.25, 0.3) is 0 Å². The van der Waals surface area contributed by atoms with Crippen LogP contribution >= 0.6 is 0 Å². The van der Waals surface area contributed by atoms with Crippen molar-refractivity contribution in [3.05, 3.63) is 83.9 Å². The standard InChI is InChI=1S/C26H29NO4/c1-28-23-13-8-14-24(29-2)26(23)30-16-15-27-18-25-21(19-9-4-3-5-10-19)17-20-11-6-7-12-22(20)31-25/h3-14,21,25,27H,15-18H2,1-2H3/t21-,25-/m0/s1. The Morgan fingerprint density at radius 3 is 2.32 bits per heavy atom. The lowest BCUT2D eigenvalue weighted by Crippen LogP contribution is -2.40. The van der Waals surface area contributed by atoms with E-state index in [-0.39, 0.29) is 6.10 Å². The summed E-state index contributed by atoms with van der Waals surface area (Å²) >= 11 is 0. The number of ether oxygens (including phenoxy) is 4. The summed E-state index contributed by atoms with van der Waals surface area (Å²) in [5.41, 5.74) is 2.57. The summed E-state index contributed by atoms with van der Waals surface area (Å²) in [7, 11) is 3.25. The molecule has 0 aliphatic carbocycles. The molecule has 3 aromatic carbocycles. The fourth-order valence-electron chi connectivity index (χ4n) is 4.05. The molecule has 0 amide bonds. The largest absolute Gasteiger partial charge is 0.493 e. The van der Waals surface area contributed by atoms with Crippen LogP contribution in [0.2, 0.25) is 0 Å². The Balaban J connectivity index is 1.37. The Labute approximate surface area is 183 Å². The molecule has 31 heavy (non-hydrogen) atoms. The third-order valence-corrected chi connectivity index (χ3v) is 5.62. The first-order chi connectivity index (χ1) is 15.3. The minimum absolute atomic E-state index is 0.0538. The molecule has 1 N–H and O–H groups in total. The molecule has 5 nitrogen and oxygen atoms in total. The number of rotatable bonds is 9. The number of benzene rings is 3. The van der Waals surface area contributed by atoms with E-state index in [1.165, 1.54) is 11.1 Å². The Bertz CT molecular complexity index is 954. The Morgan fingerprint density at radius 1 is 0.871 bits per heavy atom. The molecular formula is C26H29NO4. The van der Waals surface area contributed by atoms with Gasteiger partial charge in [-0.05, 0) is 35.7 Å². The monoisotopic (exact) mass is 419 g/mol. The fourth-order valence-corrected chi connectivity index (χ4v) is 4.05. The van der Waals surface area contributed by atoms with Gasteiger partial charge < -0.3 is 24.3 Å². The van der Waals surface area contributed by atoms with Crippen molar-refractivity contribution in [3.8, 4) is 23.0 Å². The van der Waals surface area contributed by atoms with E-state index in [2.05, 4.69) is 53.8 Å². The van der Waals surface area contributed by atoms with Gasteiger partial charge in [-0.3, -0.25) is 0 Å². The van der Waals surface area contributed by atoms with E-state index in [4.69, 9.17) is 18.9 Å². The highest BCUT2D eigenvalue weighted by atomic mass is 16.5. The normalized spacial score (nSPS) is 17.4. The van der Waals surface area contributed by atoms with Gasteiger partial charge in [0.1, 0.15) is 18.5 Å². The second-order valence-electron chi connectivity index (χ2n) is 7.53. The molecular weight excluding hydrogens is 390 g/mol. The highest BCUT2D eigenvalue weighted by Gasteiger charge is 2.30. The van der Waals surface area contributed by atoms with Gasteiger partial charge in [0.25, 0.3) is 0 Å².